The molecule has 0 spiro atoms. The van der Waals surface area contributed by atoms with Crippen LogP contribution in [0.3, 0.4) is 0 Å². The van der Waals surface area contributed by atoms with Crippen LogP contribution in [0.4, 0.5) is 20.8 Å². The van der Waals surface area contributed by atoms with E-state index in [2.05, 4.69) is 27.9 Å². The number of hydrogen-bond donors (Lipinski definition) is 2. The van der Waals surface area contributed by atoms with Crippen LogP contribution >= 0.6 is 0 Å². The predicted octanol–water partition coefficient (Wildman–Crippen LogP) is 4.81. The lowest BCUT2D eigenvalue weighted by Crippen LogP contribution is -2.41. The first-order valence-corrected chi connectivity index (χ1v) is 12.0. The Morgan fingerprint density at radius 2 is 1.89 bits per heavy atom. The van der Waals surface area contributed by atoms with Crippen molar-refractivity contribution < 1.29 is 13.9 Å². The van der Waals surface area contributed by atoms with Gasteiger partial charge >= 0.3 is 6.03 Å². The zero-order valence-electron chi connectivity index (χ0n) is 20.6. The number of nitrogens with one attached hydrogen (secondary N) is 2. The first-order chi connectivity index (χ1) is 17.4. The van der Waals surface area contributed by atoms with Crippen LogP contribution in [-0.2, 0) is 12.8 Å². The standard InChI is InChI=1S/C27H29FN6O2/c1-33(2)27(35)30-20-10-6-17-7-12-21(15-18(17)8-11-20)29-26-31-25-23(5-4-14-34(25)32-26)22-13-9-19(28)16-24(22)36-3/h4-5,7,9,12-16,20H,6,8,10-11H2,1-3H3,(H,29,32)(H,30,35). The molecule has 9 heteroatoms. The second-order valence-electron chi connectivity index (χ2n) is 9.20. The number of halogens is 1. The highest BCUT2D eigenvalue weighted by Gasteiger charge is 2.19. The number of carbonyl (C=O) groups is 1. The predicted molar refractivity (Wildman–Crippen MR) is 137 cm³/mol. The summed E-state index contributed by atoms with van der Waals surface area (Å²) in [7, 11) is 5.03. The molecule has 1 atom stereocenters. The number of nitrogens with zero attached hydrogens (tertiary/aromatic N) is 4. The van der Waals surface area contributed by atoms with Gasteiger partial charge in [-0.2, -0.15) is 4.98 Å². The fraction of sp³-hybridized carbons (Fsp3) is 0.296. The number of anilines is 2. The van der Waals surface area contributed by atoms with Gasteiger partial charge in [-0.25, -0.2) is 13.7 Å². The highest BCUT2D eigenvalue weighted by molar-refractivity contribution is 5.82. The van der Waals surface area contributed by atoms with Gasteiger partial charge in [-0.15, -0.1) is 5.10 Å². The summed E-state index contributed by atoms with van der Waals surface area (Å²) in [5.74, 6) is 0.542. The molecule has 0 saturated heterocycles. The molecule has 2 aromatic carbocycles. The van der Waals surface area contributed by atoms with Crippen LogP contribution in [0.2, 0.25) is 0 Å². The fourth-order valence-corrected chi connectivity index (χ4v) is 4.62. The van der Waals surface area contributed by atoms with Crippen molar-refractivity contribution >= 4 is 23.3 Å². The largest absolute Gasteiger partial charge is 0.496 e. The van der Waals surface area contributed by atoms with Gasteiger partial charge in [0.25, 0.3) is 0 Å². The molecule has 1 unspecified atom stereocenters. The number of benzene rings is 2. The number of fused-ring (bicyclic) bond motifs is 2. The van der Waals surface area contributed by atoms with E-state index in [-0.39, 0.29) is 17.9 Å². The minimum atomic E-state index is -0.360. The Labute approximate surface area is 209 Å². The maximum Gasteiger partial charge on any atom is 0.317 e. The Hall–Kier alpha value is -4.14. The van der Waals surface area contributed by atoms with Crippen LogP contribution in [0.1, 0.15) is 24.0 Å². The minimum Gasteiger partial charge on any atom is -0.496 e. The fourth-order valence-electron chi connectivity index (χ4n) is 4.62. The molecule has 5 rings (SSSR count). The van der Waals surface area contributed by atoms with Crippen LogP contribution in [0.5, 0.6) is 5.75 Å². The second-order valence-corrected chi connectivity index (χ2v) is 9.20. The van der Waals surface area contributed by atoms with Crippen LogP contribution in [0.15, 0.2) is 54.7 Å². The highest BCUT2D eigenvalue weighted by atomic mass is 19.1. The molecule has 1 aliphatic carbocycles. The molecule has 4 aromatic rings. The third-order valence-corrected chi connectivity index (χ3v) is 6.54. The molecule has 0 aliphatic heterocycles. The van der Waals surface area contributed by atoms with E-state index in [0.29, 0.717) is 17.3 Å². The molecule has 0 fully saturated rings. The number of ether oxygens (including phenoxy) is 1. The lowest BCUT2D eigenvalue weighted by atomic mass is 10.0. The third kappa shape index (κ3) is 4.82. The summed E-state index contributed by atoms with van der Waals surface area (Å²) in [5.41, 5.74) is 5.64. The molecule has 2 N–H and O–H groups in total. The van der Waals surface area contributed by atoms with Crippen LogP contribution in [-0.4, -0.2) is 52.8 Å². The summed E-state index contributed by atoms with van der Waals surface area (Å²) in [5, 5.41) is 11.0. The summed E-state index contributed by atoms with van der Waals surface area (Å²) in [6.07, 6.45) is 5.44. The Kier molecular flexibility index (Phi) is 6.45. The van der Waals surface area contributed by atoms with Crippen molar-refractivity contribution in [2.45, 2.75) is 31.7 Å². The number of aromatic nitrogens is 3. The maximum atomic E-state index is 13.7. The number of urea groups is 1. The topological polar surface area (TPSA) is 83.8 Å². The number of rotatable bonds is 5. The lowest BCUT2D eigenvalue weighted by molar-refractivity contribution is 0.211. The first kappa shape index (κ1) is 23.6. The van der Waals surface area contributed by atoms with Gasteiger partial charge in [-0.05, 0) is 73.2 Å². The number of amides is 2. The van der Waals surface area contributed by atoms with Crippen molar-refractivity contribution in [2.75, 3.05) is 26.5 Å². The molecule has 2 heterocycles. The Morgan fingerprint density at radius 1 is 1.08 bits per heavy atom. The molecular formula is C27H29FN6O2. The summed E-state index contributed by atoms with van der Waals surface area (Å²) >= 11 is 0. The number of hydrogen-bond acceptors (Lipinski definition) is 5. The normalized spacial score (nSPS) is 15.2. The summed E-state index contributed by atoms with van der Waals surface area (Å²) in [6, 6.07) is 14.7. The smallest absolute Gasteiger partial charge is 0.317 e. The van der Waals surface area contributed by atoms with Crippen molar-refractivity contribution in [3.8, 4) is 16.9 Å². The summed E-state index contributed by atoms with van der Waals surface area (Å²) in [4.78, 5) is 18.3. The molecule has 2 aromatic heterocycles. The third-order valence-electron chi connectivity index (χ3n) is 6.54. The quantitative estimate of drug-likeness (QED) is 0.394. The number of carbonyl (C=O) groups excluding carboxylic acids is 1. The van der Waals surface area contributed by atoms with Crippen LogP contribution < -0.4 is 15.4 Å². The number of aryl methyl sites for hydroxylation is 2. The zero-order valence-corrected chi connectivity index (χ0v) is 20.6. The van der Waals surface area contributed by atoms with Gasteiger partial charge < -0.3 is 20.3 Å². The van der Waals surface area contributed by atoms with E-state index in [1.54, 1.807) is 29.6 Å². The average Bonchev–Trinajstić information content (AvgIpc) is 3.18. The molecule has 0 saturated carbocycles. The van der Waals surface area contributed by atoms with Gasteiger partial charge in [-0.1, -0.05) is 6.07 Å². The first-order valence-electron chi connectivity index (χ1n) is 12.0. The molecule has 0 radical (unpaired) electrons. The monoisotopic (exact) mass is 488 g/mol. The van der Waals surface area contributed by atoms with Crippen molar-refractivity contribution in [3.63, 3.8) is 0 Å². The van der Waals surface area contributed by atoms with E-state index in [4.69, 9.17) is 9.72 Å². The number of methoxy groups -OCH3 is 1. The minimum absolute atomic E-state index is 0.0520. The lowest BCUT2D eigenvalue weighted by Gasteiger charge is -2.19. The van der Waals surface area contributed by atoms with Crippen molar-refractivity contribution in [3.05, 3.63) is 71.7 Å². The van der Waals surface area contributed by atoms with E-state index < -0.39 is 0 Å². The SMILES string of the molecule is COc1cc(F)ccc1-c1cccn2nc(Nc3ccc4c(c3)CCC(NC(=O)N(C)C)CC4)nc12. The maximum absolute atomic E-state index is 13.7. The molecule has 0 bridgehead atoms. The number of pyridine rings is 1. The van der Waals surface area contributed by atoms with E-state index in [1.807, 2.05) is 24.4 Å². The summed E-state index contributed by atoms with van der Waals surface area (Å²) < 4.78 is 20.8. The van der Waals surface area contributed by atoms with Gasteiger partial charge in [0, 0.05) is 49.2 Å². The zero-order chi connectivity index (χ0) is 25.2. The van der Waals surface area contributed by atoms with E-state index in [1.165, 1.54) is 30.4 Å². The highest BCUT2D eigenvalue weighted by Crippen LogP contribution is 2.33. The molecule has 36 heavy (non-hydrogen) atoms. The van der Waals surface area contributed by atoms with Crippen LogP contribution in [0, 0.1) is 5.82 Å². The molecule has 1 aliphatic rings. The van der Waals surface area contributed by atoms with Crippen LogP contribution in [0.25, 0.3) is 16.8 Å². The van der Waals surface area contributed by atoms with Crippen molar-refractivity contribution in [1.29, 1.82) is 0 Å². The van der Waals surface area contributed by atoms with Gasteiger partial charge in [0.05, 0.1) is 7.11 Å². The van der Waals surface area contributed by atoms with E-state index in [0.717, 1.165) is 42.5 Å². The molecular weight excluding hydrogens is 459 g/mol. The Balaban J connectivity index is 1.37. The Bertz CT molecular complexity index is 1420. The summed E-state index contributed by atoms with van der Waals surface area (Å²) in [6.45, 7) is 0. The van der Waals surface area contributed by atoms with Crippen molar-refractivity contribution in [2.24, 2.45) is 0 Å². The Morgan fingerprint density at radius 3 is 2.67 bits per heavy atom. The molecule has 8 nitrogen and oxygen atoms in total. The van der Waals surface area contributed by atoms with Gasteiger partial charge in [-0.3, -0.25) is 0 Å². The van der Waals surface area contributed by atoms with Crippen molar-refractivity contribution in [1.82, 2.24) is 24.8 Å². The molecule has 186 valence electrons. The van der Waals surface area contributed by atoms with Gasteiger partial charge in [0.15, 0.2) is 5.65 Å². The average molecular weight is 489 g/mol. The second kappa shape index (κ2) is 9.85. The van der Waals surface area contributed by atoms with Gasteiger partial charge in [0.1, 0.15) is 11.6 Å². The van der Waals surface area contributed by atoms with E-state index >= 15 is 0 Å². The van der Waals surface area contributed by atoms with E-state index in [9.17, 15) is 9.18 Å². The van der Waals surface area contributed by atoms with Gasteiger partial charge in [0.2, 0.25) is 5.95 Å². The molecule has 2 amide bonds.